The molecule has 0 radical (unpaired) electrons. The van der Waals surface area contributed by atoms with Crippen LogP contribution in [0.15, 0.2) is 18.2 Å². The van der Waals surface area contributed by atoms with E-state index in [0.29, 0.717) is 28.3 Å². The molecule has 0 saturated heterocycles. The minimum atomic E-state index is -0.446. The van der Waals surface area contributed by atoms with Gasteiger partial charge in [0, 0.05) is 15.7 Å². The molecule has 1 aromatic rings. The van der Waals surface area contributed by atoms with Crippen LogP contribution < -0.4 is 5.32 Å². The maximum absolute atomic E-state index is 11.7. The van der Waals surface area contributed by atoms with Crippen LogP contribution in [0.25, 0.3) is 0 Å². The number of esters is 1. The van der Waals surface area contributed by atoms with Crippen LogP contribution in [-0.2, 0) is 9.53 Å². The van der Waals surface area contributed by atoms with Gasteiger partial charge in [-0.15, -0.1) is 0 Å². The highest BCUT2D eigenvalue weighted by Crippen LogP contribution is 2.23. The topological polar surface area (TPSA) is 38.3 Å². The highest BCUT2D eigenvalue weighted by atomic mass is 35.5. The van der Waals surface area contributed by atoms with Crippen LogP contribution in [0, 0.1) is 5.92 Å². The molecule has 5 heteroatoms. The molecule has 0 aliphatic heterocycles. The fraction of sp³-hybridized carbons (Fsp3) is 0.462. The Kier molecular flexibility index (Phi) is 5.76. The van der Waals surface area contributed by atoms with Gasteiger partial charge in [-0.1, -0.05) is 37.0 Å². The summed E-state index contributed by atoms with van der Waals surface area (Å²) in [6.45, 7) is 6.13. The summed E-state index contributed by atoms with van der Waals surface area (Å²) >= 11 is 11.8. The number of carbonyl (C=O) groups is 1. The Labute approximate surface area is 117 Å². The molecule has 0 saturated carbocycles. The first kappa shape index (κ1) is 15.1. The van der Waals surface area contributed by atoms with Gasteiger partial charge < -0.3 is 10.1 Å². The van der Waals surface area contributed by atoms with Crippen molar-refractivity contribution in [2.75, 3.05) is 11.9 Å². The molecule has 18 heavy (non-hydrogen) atoms. The Hall–Kier alpha value is -0.930. The van der Waals surface area contributed by atoms with Gasteiger partial charge in [0.1, 0.15) is 6.04 Å². The van der Waals surface area contributed by atoms with Gasteiger partial charge in [-0.3, -0.25) is 0 Å². The van der Waals surface area contributed by atoms with Crippen LogP contribution >= 0.6 is 23.2 Å². The van der Waals surface area contributed by atoms with Crippen molar-refractivity contribution in [3.8, 4) is 0 Å². The Morgan fingerprint density at radius 2 is 1.78 bits per heavy atom. The van der Waals surface area contributed by atoms with Crippen molar-refractivity contribution < 1.29 is 9.53 Å². The van der Waals surface area contributed by atoms with Gasteiger partial charge in [-0.05, 0) is 31.0 Å². The maximum Gasteiger partial charge on any atom is 0.328 e. The van der Waals surface area contributed by atoms with Crippen molar-refractivity contribution in [3.63, 3.8) is 0 Å². The fourth-order valence-electron chi connectivity index (χ4n) is 1.32. The summed E-state index contributed by atoms with van der Waals surface area (Å²) in [7, 11) is 0. The van der Waals surface area contributed by atoms with E-state index in [1.165, 1.54) is 0 Å². The molecule has 1 unspecified atom stereocenters. The van der Waals surface area contributed by atoms with Crippen molar-refractivity contribution in [3.05, 3.63) is 28.2 Å². The smallest absolute Gasteiger partial charge is 0.328 e. The molecule has 0 heterocycles. The van der Waals surface area contributed by atoms with Crippen LogP contribution in [0.1, 0.15) is 20.8 Å². The summed E-state index contributed by atoms with van der Waals surface area (Å²) < 4.78 is 5.13. The maximum atomic E-state index is 11.7. The molecule has 0 bridgehead atoms. The van der Waals surface area contributed by atoms with E-state index in [0.717, 1.165) is 0 Å². The summed E-state index contributed by atoms with van der Waals surface area (Å²) in [5, 5.41) is 4.05. The fourth-order valence-corrected chi connectivity index (χ4v) is 1.85. The number of carbonyl (C=O) groups excluding carboxylic acids is 1. The highest BCUT2D eigenvalue weighted by molar-refractivity contribution is 6.35. The van der Waals surface area contributed by atoms with Gasteiger partial charge in [-0.25, -0.2) is 4.79 Å². The van der Waals surface area contributed by atoms with Crippen molar-refractivity contribution in [2.24, 2.45) is 5.92 Å². The molecular formula is C13H17Cl2NO2. The van der Waals surface area contributed by atoms with Gasteiger partial charge in [0.25, 0.3) is 0 Å². The average molecular weight is 290 g/mol. The summed E-state index contributed by atoms with van der Waals surface area (Å²) in [4.78, 5) is 11.7. The van der Waals surface area contributed by atoms with Crippen molar-refractivity contribution in [2.45, 2.75) is 26.8 Å². The third kappa shape index (κ3) is 5.15. The van der Waals surface area contributed by atoms with Crippen LogP contribution in [0.5, 0.6) is 0 Å². The quantitative estimate of drug-likeness (QED) is 0.833. The first-order valence-corrected chi connectivity index (χ1v) is 6.53. The molecule has 0 fully saturated rings. The first-order chi connectivity index (χ1) is 8.38. The zero-order chi connectivity index (χ0) is 13.7. The van der Waals surface area contributed by atoms with Crippen LogP contribution in [-0.4, -0.2) is 18.6 Å². The lowest BCUT2D eigenvalue weighted by Gasteiger charge is -2.15. The molecule has 1 N–H and O–H groups in total. The number of ether oxygens (including phenoxy) is 1. The third-order valence-corrected chi connectivity index (χ3v) is 2.59. The van der Waals surface area contributed by atoms with Crippen LogP contribution in [0.4, 0.5) is 5.69 Å². The summed E-state index contributed by atoms with van der Waals surface area (Å²) in [5.74, 6) is 0.0292. The van der Waals surface area contributed by atoms with Gasteiger partial charge >= 0.3 is 5.97 Å². The predicted octanol–water partition coefficient (Wildman–Crippen LogP) is 3.99. The molecule has 0 aromatic heterocycles. The molecule has 0 aliphatic carbocycles. The molecule has 0 amide bonds. The van der Waals surface area contributed by atoms with Gasteiger partial charge in [-0.2, -0.15) is 0 Å². The summed E-state index contributed by atoms with van der Waals surface area (Å²) in [6, 6.07) is 4.60. The standard InChI is InChI=1S/C13H17Cl2NO2/c1-8(2)7-18-13(17)9(3)16-12-5-10(14)4-11(15)6-12/h4-6,8-9,16H,7H2,1-3H3. The lowest BCUT2D eigenvalue weighted by Crippen LogP contribution is -2.29. The molecule has 0 spiro atoms. The van der Waals surface area contributed by atoms with Crippen LogP contribution in [0.3, 0.4) is 0 Å². The number of anilines is 1. The molecular weight excluding hydrogens is 273 g/mol. The minimum absolute atomic E-state index is 0.292. The number of nitrogens with one attached hydrogen (secondary N) is 1. The third-order valence-electron chi connectivity index (χ3n) is 2.16. The second kappa shape index (κ2) is 6.86. The van der Waals surface area contributed by atoms with Crippen molar-refractivity contribution in [1.82, 2.24) is 0 Å². The normalized spacial score (nSPS) is 12.3. The predicted molar refractivity (Wildman–Crippen MR) is 75.3 cm³/mol. The average Bonchev–Trinajstić information content (AvgIpc) is 2.24. The minimum Gasteiger partial charge on any atom is -0.464 e. The zero-order valence-corrected chi connectivity index (χ0v) is 12.2. The van der Waals surface area contributed by atoms with E-state index in [2.05, 4.69) is 5.32 Å². The lowest BCUT2D eigenvalue weighted by molar-refractivity contribution is -0.145. The van der Waals surface area contributed by atoms with E-state index >= 15 is 0 Å². The number of hydrogen-bond acceptors (Lipinski definition) is 3. The molecule has 1 aromatic carbocycles. The first-order valence-electron chi connectivity index (χ1n) is 5.77. The summed E-state index contributed by atoms with van der Waals surface area (Å²) in [6.07, 6.45) is 0. The number of benzene rings is 1. The zero-order valence-electron chi connectivity index (χ0n) is 10.7. The van der Waals surface area contributed by atoms with Crippen molar-refractivity contribution in [1.29, 1.82) is 0 Å². The van der Waals surface area contributed by atoms with E-state index in [-0.39, 0.29) is 5.97 Å². The van der Waals surface area contributed by atoms with E-state index in [1.54, 1.807) is 25.1 Å². The van der Waals surface area contributed by atoms with E-state index in [9.17, 15) is 4.79 Å². The Balaban J connectivity index is 2.58. The Bertz CT molecular complexity index is 401. The lowest BCUT2D eigenvalue weighted by atomic mass is 10.2. The molecule has 1 rings (SSSR count). The van der Waals surface area contributed by atoms with E-state index in [1.807, 2.05) is 13.8 Å². The van der Waals surface area contributed by atoms with E-state index in [4.69, 9.17) is 27.9 Å². The van der Waals surface area contributed by atoms with Gasteiger partial charge in [0.2, 0.25) is 0 Å². The molecule has 1 atom stereocenters. The second-order valence-corrected chi connectivity index (χ2v) is 5.42. The molecule has 3 nitrogen and oxygen atoms in total. The van der Waals surface area contributed by atoms with Crippen molar-refractivity contribution >= 4 is 34.9 Å². The second-order valence-electron chi connectivity index (χ2n) is 4.55. The molecule has 100 valence electrons. The van der Waals surface area contributed by atoms with Gasteiger partial charge in [0.15, 0.2) is 0 Å². The number of hydrogen-bond donors (Lipinski definition) is 1. The monoisotopic (exact) mass is 289 g/mol. The molecule has 0 aliphatic rings. The van der Waals surface area contributed by atoms with E-state index < -0.39 is 6.04 Å². The number of halogens is 2. The SMILES string of the molecule is CC(C)COC(=O)C(C)Nc1cc(Cl)cc(Cl)c1. The summed E-state index contributed by atoms with van der Waals surface area (Å²) in [5.41, 5.74) is 0.696. The van der Waals surface area contributed by atoms with Gasteiger partial charge in [0.05, 0.1) is 6.61 Å². The Morgan fingerprint density at radius 1 is 1.22 bits per heavy atom. The number of rotatable bonds is 5. The highest BCUT2D eigenvalue weighted by Gasteiger charge is 2.15. The Morgan fingerprint density at radius 3 is 2.28 bits per heavy atom. The van der Waals surface area contributed by atoms with Crippen LogP contribution in [0.2, 0.25) is 10.0 Å². The largest absolute Gasteiger partial charge is 0.464 e.